The number of amides is 2. The summed E-state index contributed by atoms with van der Waals surface area (Å²) in [4.78, 5) is 23.9. The van der Waals surface area contributed by atoms with Crippen molar-refractivity contribution in [3.63, 3.8) is 0 Å². The Morgan fingerprint density at radius 1 is 0.966 bits per heavy atom. The first kappa shape index (κ1) is 20.6. The van der Waals surface area contributed by atoms with Gasteiger partial charge in [0.15, 0.2) is 22.1 Å². The summed E-state index contributed by atoms with van der Waals surface area (Å²) in [5, 5.41) is 2.30. The standard InChI is InChI=1S/C20H16BrN3O4S/c21-17-11-10-16(28-17)19(26)22-20(29)24-23-18(25)12-27-15-9-5-4-8-14(15)13-6-2-1-3-7-13/h1-11H,12H2,(H,23,25)(H2,22,24,26,29). The summed E-state index contributed by atoms with van der Waals surface area (Å²) >= 11 is 8.07. The number of hydrogen-bond donors (Lipinski definition) is 3. The zero-order valence-electron chi connectivity index (χ0n) is 15.0. The van der Waals surface area contributed by atoms with E-state index in [1.807, 2.05) is 48.5 Å². The molecule has 7 nitrogen and oxygen atoms in total. The van der Waals surface area contributed by atoms with E-state index in [0.29, 0.717) is 10.4 Å². The Bertz CT molecular complexity index is 1020. The molecule has 1 aromatic heterocycles. The van der Waals surface area contributed by atoms with Crippen LogP contribution in [0.25, 0.3) is 11.1 Å². The van der Waals surface area contributed by atoms with Crippen molar-refractivity contribution >= 4 is 45.1 Å². The van der Waals surface area contributed by atoms with Gasteiger partial charge in [-0.3, -0.25) is 25.8 Å². The number of para-hydroxylation sites is 1. The summed E-state index contributed by atoms with van der Waals surface area (Å²) in [6.07, 6.45) is 0. The van der Waals surface area contributed by atoms with Gasteiger partial charge in [-0.25, -0.2) is 0 Å². The van der Waals surface area contributed by atoms with Gasteiger partial charge in [-0.15, -0.1) is 0 Å². The summed E-state index contributed by atoms with van der Waals surface area (Å²) in [6, 6.07) is 20.2. The predicted octanol–water partition coefficient (Wildman–Crippen LogP) is 3.42. The molecule has 2 amide bonds. The van der Waals surface area contributed by atoms with Crippen molar-refractivity contribution in [3.05, 3.63) is 77.2 Å². The number of hydrogen-bond acceptors (Lipinski definition) is 5. The second-order valence-electron chi connectivity index (χ2n) is 5.71. The van der Waals surface area contributed by atoms with Crippen molar-refractivity contribution in [1.82, 2.24) is 16.2 Å². The molecule has 3 N–H and O–H groups in total. The maximum Gasteiger partial charge on any atom is 0.293 e. The largest absolute Gasteiger partial charge is 0.483 e. The molecule has 0 aliphatic rings. The van der Waals surface area contributed by atoms with Gasteiger partial charge in [0.25, 0.3) is 11.8 Å². The fourth-order valence-electron chi connectivity index (χ4n) is 2.39. The van der Waals surface area contributed by atoms with Crippen LogP contribution in [0, 0.1) is 0 Å². The maximum atomic E-state index is 12.0. The molecule has 0 bridgehead atoms. The van der Waals surface area contributed by atoms with E-state index in [4.69, 9.17) is 21.4 Å². The van der Waals surface area contributed by atoms with Crippen molar-refractivity contribution < 1.29 is 18.7 Å². The van der Waals surface area contributed by atoms with Crippen LogP contribution in [-0.2, 0) is 4.79 Å². The van der Waals surface area contributed by atoms with E-state index in [9.17, 15) is 9.59 Å². The van der Waals surface area contributed by atoms with E-state index in [1.165, 1.54) is 6.07 Å². The lowest BCUT2D eigenvalue weighted by Gasteiger charge is -2.13. The molecule has 0 fully saturated rings. The van der Waals surface area contributed by atoms with Crippen molar-refractivity contribution in [2.45, 2.75) is 0 Å². The van der Waals surface area contributed by atoms with Crippen molar-refractivity contribution in [2.24, 2.45) is 0 Å². The van der Waals surface area contributed by atoms with E-state index >= 15 is 0 Å². The summed E-state index contributed by atoms with van der Waals surface area (Å²) < 4.78 is 11.2. The number of nitrogens with one attached hydrogen (secondary N) is 3. The van der Waals surface area contributed by atoms with E-state index in [-0.39, 0.29) is 17.5 Å². The Morgan fingerprint density at radius 2 is 1.69 bits per heavy atom. The van der Waals surface area contributed by atoms with Gasteiger partial charge in [0.05, 0.1) is 0 Å². The number of benzene rings is 2. The topological polar surface area (TPSA) is 92.6 Å². The SMILES string of the molecule is O=C(COc1ccccc1-c1ccccc1)NNC(=S)NC(=O)c1ccc(Br)o1. The molecule has 0 radical (unpaired) electrons. The zero-order chi connectivity index (χ0) is 20.6. The first-order valence-corrected chi connectivity index (χ1v) is 9.66. The van der Waals surface area contributed by atoms with E-state index < -0.39 is 11.8 Å². The van der Waals surface area contributed by atoms with Crippen molar-refractivity contribution in [3.8, 4) is 16.9 Å². The molecule has 3 rings (SSSR count). The number of carbonyl (C=O) groups excluding carboxylic acids is 2. The highest BCUT2D eigenvalue weighted by molar-refractivity contribution is 9.10. The Hall–Kier alpha value is -3.17. The van der Waals surface area contributed by atoms with Crippen LogP contribution in [-0.4, -0.2) is 23.5 Å². The van der Waals surface area contributed by atoms with Crippen molar-refractivity contribution in [2.75, 3.05) is 6.61 Å². The van der Waals surface area contributed by atoms with Crippen LogP contribution in [0.4, 0.5) is 0 Å². The van der Waals surface area contributed by atoms with Crippen LogP contribution in [0.1, 0.15) is 10.6 Å². The predicted molar refractivity (Wildman–Crippen MR) is 115 cm³/mol. The van der Waals surface area contributed by atoms with Gasteiger partial charge in [0.1, 0.15) is 5.75 Å². The van der Waals surface area contributed by atoms with Crippen LogP contribution in [0.3, 0.4) is 0 Å². The van der Waals surface area contributed by atoms with Crippen LogP contribution in [0.5, 0.6) is 5.75 Å². The molecule has 0 saturated heterocycles. The smallest absolute Gasteiger partial charge is 0.293 e. The number of thiocarbonyl (C=S) groups is 1. The minimum atomic E-state index is -0.546. The molecule has 148 valence electrons. The quantitative estimate of drug-likeness (QED) is 0.388. The molecule has 0 aliphatic carbocycles. The van der Waals surface area contributed by atoms with Crippen LogP contribution in [0.15, 0.2) is 75.8 Å². The molecule has 29 heavy (non-hydrogen) atoms. The third-order valence-electron chi connectivity index (χ3n) is 3.67. The highest BCUT2D eigenvalue weighted by Crippen LogP contribution is 2.29. The maximum absolute atomic E-state index is 12.0. The zero-order valence-corrected chi connectivity index (χ0v) is 17.4. The Kier molecular flexibility index (Phi) is 6.99. The monoisotopic (exact) mass is 473 g/mol. The average Bonchev–Trinajstić information content (AvgIpc) is 3.18. The van der Waals surface area contributed by atoms with Gasteiger partial charge in [-0.05, 0) is 51.9 Å². The average molecular weight is 474 g/mol. The minimum Gasteiger partial charge on any atom is -0.483 e. The lowest BCUT2D eigenvalue weighted by Crippen LogP contribution is -2.49. The number of hydrazine groups is 1. The Balaban J connectivity index is 1.48. The van der Waals surface area contributed by atoms with Gasteiger partial charge in [0, 0.05) is 5.56 Å². The molecule has 0 aliphatic heterocycles. The third kappa shape index (κ3) is 5.90. The number of rotatable bonds is 5. The van der Waals surface area contributed by atoms with E-state index in [0.717, 1.165) is 11.1 Å². The highest BCUT2D eigenvalue weighted by Gasteiger charge is 2.13. The number of halogens is 1. The third-order valence-corrected chi connectivity index (χ3v) is 4.30. The molecule has 0 atom stereocenters. The highest BCUT2D eigenvalue weighted by atomic mass is 79.9. The first-order chi connectivity index (χ1) is 14.0. The van der Waals surface area contributed by atoms with Crippen LogP contribution < -0.4 is 20.9 Å². The van der Waals surface area contributed by atoms with Gasteiger partial charge in [-0.2, -0.15) is 0 Å². The Morgan fingerprint density at radius 3 is 2.41 bits per heavy atom. The molecular formula is C20H16BrN3O4S. The Labute approximate surface area is 180 Å². The molecule has 9 heteroatoms. The number of carbonyl (C=O) groups is 2. The van der Waals surface area contributed by atoms with E-state index in [1.54, 1.807) is 12.1 Å². The fraction of sp³-hybridized carbons (Fsp3) is 0.0500. The molecule has 2 aromatic carbocycles. The van der Waals surface area contributed by atoms with Crippen molar-refractivity contribution in [1.29, 1.82) is 0 Å². The lowest BCUT2D eigenvalue weighted by molar-refractivity contribution is -0.123. The molecule has 0 spiro atoms. The minimum absolute atomic E-state index is 0.0770. The number of ether oxygens (including phenoxy) is 1. The number of furan rings is 1. The van der Waals surface area contributed by atoms with Gasteiger partial charge in [0.2, 0.25) is 0 Å². The van der Waals surface area contributed by atoms with Crippen LogP contribution >= 0.6 is 28.1 Å². The molecule has 0 saturated carbocycles. The summed E-state index contributed by atoms with van der Waals surface area (Å²) in [7, 11) is 0. The van der Waals surface area contributed by atoms with E-state index in [2.05, 4.69) is 32.1 Å². The second kappa shape index (κ2) is 9.85. The lowest BCUT2D eigenvalue weighted by atomic mass is 10.1. The van der Waals surface area contributed by atoms with Gasteiger partial charge < -0.3 is 9.15 Å². The van der Waals surface area contributed by atoms with Gasteiger partial charge in [-0.1, -0.05) is 48.5 Å². The molecule has 0 unspecified atom stereocenters. The molecule has 3 aromatic rings. The summed E-state index contributed by atoms with van der Waals surface area (Å²) in [5.74, 6) is -0.359. The van der Waals surface area contributed by atoms with Gasteiger partial charge >= 0.3 is 0 Å². The summed E-state index contributed by atoms with van der Waals surface area (Å²) in [6.45, 7) is -0.238. The first-order valence-electron chi connectivity index (χ1n) is 8.45. The normalized spacial score (nSPS) is 10.1. The molecular weight excluding hydrogens is 458 g/mol. The second-order valence-corrected chi connectivity index (χ2v) is 6.90. The summed E-state index contributed by atoms with van der Waals surface area (Å²) in [5.41, 5.74) is 6.66. The fourth-order valence-corrected chi connectivity index (χ4v) is 2.84. The van der Waals surface area contributed by atoms with Crippen LogP contribution in [0.2, 0.25) is 0 Å². The molecule has 1 heterocycles.